The van der Waals surface area contributed by atoms with Gasteiger partial charge in [-0.05, 0) is 24.3 Å². The standard InChI is InChI=1S/C18H12F2N4O3S/c19-14-5-4-12(9-15(14)20)21-17(25)10-28-18-7-6-16(22-23-18)11-2-1-3-13(8-11)24(26)27/h1-9H,10H2,(H,21,25). The zero-order chi connectivity index (χ0) is 20.1. The average molecular weight is 402 g/mol. The van der Waals surface area contributed by atoms with Gasteiger partial charge in [0.15, 0.2) is 11.6 Å². The second kappa shape index (κ2) is 8.53. The number of aromatic nitrogens is 2. The molecule has 1 N–H and O–H groups in total. The van der Waals surface area contributed by atoms with Gasteiger partial charge in [-0.15, -0.1) is 10.2 Å². The van der Waals surface area contributed by atoms with Crippen LogP contribution in [0.4, 0.5) is 20.2 Å². The van der Waals surface area contributed by atoms with Crippen LogP contribution in [0.25, 0.3) is 11.3 Å². The first-order chi connectivity index (χ1) is 13.4. The third kappa shape index (κ3) is 4.86. The topological polar surface area (TPSA) is 98.0 Å². The summed E-state index contributed by atoms with van der Waals surface area (Å²) in [4.78, 5) is 22.3. The summed E-state index contributed by atoms with van der Waals surface area (Å²) in [5, 5.41) is 21.8. The number of nitro benzene ring substituents is 1. The summed E-state index contributed by atoms with van der Waals surface area (Å²) < 4.78 is 26.0. The maximum Gasteiger partial charge on any atom is 0.270 e. The van der Waals surface area contributed by atoms with Crippen LogP contribution in [0.2, 0.25) is 0 Å². The molecule has 7 nitrogen and oxygen atoms in total. The van der Waals surface area contributed by atoms with Crippen LogP contribution in [0.3, 0.4) is 0 Å². The molecule has 10 heteroatoms. The van der Waals surface area contributed by atoms with Crippen molar-refractivity contribution in [2.45, 2.75) is 5.03 Å². The van der Waals surface area contributed by atoms with E-state index in [2.05, 4.69) is 15.5 Å². The van der Waals surface area contributed by atoms with Crippen molar-refractivity contribution in [3.05, 3.63) is 76.3 Å². The van der Waals surface area contributed by atoms with Gasteiger partial charge in [0, 0.05) is 29.4 Å². The number of rotatable bonds is 6. The minimum Gasteiger partial charge on any atom is -0.325 e. The van der Waals surface area contributed by atoms with Crippen molar-refractivity contribution in [2.24, 2.45) is 0 Å². The van der Waals surface area contributed by atoms with Crippen molar-refractivity contribution >= 4 is 29.0 Å². The fourth-order valence-electron chi connectivity index (χ4n) is 2.24. The van der Waals surface area contributed by atoms with E-state index in [9.17, 15) is 23.7 Å². The van der Waals surface area contributed by atoms with E-state index in [1.807, 2.05) is 0 Å². The number of thioether (sulfide) groups is 1. The minimum atomic E-state index is -1.05. The van der Waals surface area contributed by atoms with Gasteiger partial charge in [0.2, 0.25) is 5.91 Å². The second-order valence-electron chi connectivity index (χ2n) is 5.53. The van der Waals surface area contributed by atoms with Gasteiger partial charge >= 0.3 is 0 Å². The molecule has 3 rings (SSSR count). The number of halogens is 2. The summed E-state index contributed by atoms with van der Waals surface area (Å²) in [5.41, 5.74) is 1.11. The highest BCUT2D eigenvalue weighted by atomic mass is 32.2. The van der Waals surface area contributed by atoms with Crippen LogP contribution < -0.4 is 5.32 Å². The fraction of sp³-hybridized carbons (Fsp3) is 0.0556. The van der Waals surface area contributed by atoms with E-state index in [4.69, 9.17) is 0 Å². The minimum absolute atomic E-state index is 0.0101. The number of nitro groups is 1. The van der Waals surface area contributed by atoms with Crippen molar-refractivity contribution < 1.29 is 18.5 Å². The lowest BCUT2D eigenvalue weighted by atomic mass is 10.1. The smallest absolute Gasteiger partial charge is 0.270 e. The number of carbonyl (C=O) groups is 1. The zero-order valence-electron chi connectivity index (χ0n) is 14.1. The molecular formula is C18H12F2N4O3S. The molecule has 28 heavy (non-hydrogen) atoms. The predicted octanol–water partition coefficient (Wildman–Crippen LogP) is 4.06. The Morgan fingerprint density at radius 3 is 2.57 bits per heavy atom. The Morgan fingerprint density at radius 2 is 1.89 bits per heavy atom. The number of hydrogen-bond acceptors (Lipinski definition) is 6. The molecule has 0 saturated heterocycles. The summed E-state index contributed by atoms with van der Waals surface area (Å²) in [6.07, 6.45) is 0. The van der Waals surface area contributed by atoms with E-state index >= 15 is 0 Å². The quantitative estimate of drug-likeness (QED) is 0.379. The zero-order valence-corrected chi connectivity index (χ0v) is 15.0. The fourth-order valence-corrected chi connectivity index (χ4v) is 2.85. The van der Waals surface area contributed by atoms with E-state index in [-0.39, 0.29) is 17.1 Å². The van der Waals surface area contributed by atoms with Gasteiger partial charge in [0.05, 0.1) is 16.4 Å². The number of carbonyl (C=O) groups excluding carboxylic acids is 1. The Kier molecular flexibility index (Phi) is 5.90. The largest absolute Gasteiger partial charge is 0.325 e. The van der Waals surface area contributed by atoms with E-state index in [1.54, 1.807) is 24.3 Å². The highest BCUT2D eigenvalue weighted by Gasteiger charge is 2.10. The summed E-state index contributed by atoms with van der Waals surface area (Å²) in [6, 6.07) is 12.4. The SMILES string of the molecule is O=C(CSc1ccc(-c2cccc([N+](=O)[O-])c2)nn1)Nc1ccc(F)c(F)c1. The number of hydrogen-bond donors (Lipinski definition) is 1. The maximum atomic E-state index is 13.1. The number of nitrogens with one attached hydrogen (secondary N) is 1. The van der Waals surface area contributed by atoms with Crippen molar-refractivity contribution in [2.75, 3.05) is 11.1 Å². The average Bonchev–Trinajstić information content (AvgIpc) is 2.70. The number of anilines is 1. The van der Waals surface area contributed by atoms with Crippen molar-refractivity contribution in [3.63, 3.8) is 0 Å². The Balaban J connectivity index is 1.59. The van der Waals surface area contributed by atoms with Crippen LogP contribution in [0, 0.1) is 21.7 Å². The molecule has 0 atom stereocenters. The third-order valence-electron chi connectivity index (χ3n) is 3.55. The normalized spacial score (nSPS) is 10.5. The third-order valence-corrected chi connectivity index (χ3v) is 4.47. The lowest BCUT2D eigenvalue weighted by Gasteiger charge is -2.05. The first-order valence-corrected chi connectivity index (χ1v) is 8.87. The van der Waals surface area contributed by atoms with Gasteiger partial charge in [-0.25, -0.2) is 8.78 Å². The molecule has 0 aliphatic rings. The summed E-state index contributed by atoms with van der Waals surface area (Å²) in [6.45, 7) is 0. The van der Waals surface area contributed by atoms with E-state index in [1.165, 1.54) is 18.2 Å². The van der Waals surface area contributed by atoms with E-state index < -0.39 is 22.5 Å². The summed E-state index contributed by atoms with van der Waals surface area (Å²) >= 11 is 1.11. The van der Waals surface area contributed by atoms with Crippen LogP contribution in [-0.2, 0) is 4.79 Å². The van der Waals surface area contributed by atoms with Gasteiger partial charge < -0.3 is 5.32 Å². The lowest BCUT2D eigenvalue weighted by Crippen LogP contribution is -2.14. The van der Waals surface area contributed by atoms with Crippen molar-refractivity contribution in [1.29, 1.82) is 0 Å². The van der Waals surface area contributed by atoms with E-state index in [0.29, 0.717) is 16.3 Å². The molecule has 0 unspecified atom stereocenters. The number of non-ortho nitro benzene ring substituents is 1. The van der Waals surface area contributed by atoms with Crippen LogP contribution in [0.5, 0.6) is 0 Å². The molecule has 0 spiro atoms. The molecule has 1 amide bonds. The molecule has 0 radical (unpaired) electrons. The number of nitrogens with zero attached hydrogens (tertiary/aromatic N) is 3. The Labute approximate surface area is 162 Å². The first kappa shape index (κ1) is 19.4. The highest BCUT2D eigenvalue weighted by molar-refractivity contribution is 7.99. The van der Waals surface area contributed by atoms with Gasteiger partial charge in [0.1, 0.15) is 5.03 Å². The molecule has 0 aliphatic heterocycles. The molecule has 0 bridgehead atoms. The predicted molar refractivity (Wildman–Crippen MR) is 99.8 cm³/mol. The first-order valence-electron chi connectivity index (χ1n) is 7.88. The van der Waals surface area contributed by atoms with Crippen molar-refractivity contribution in [1.82, 2.24) is 10.2 Å². The Hall–Kier alpha value is -3.40. The molecular weight excluding hydrogens is 390 g/mol. The van der Waals surface area contributed by atoms with Gasteiger partial charge in [-0.2, -0.15) is 0 Å². The molecule has 0 fully saturated rings. The van der Waals surface area contributed by atoms with E-state index in [0.717, 1.165) is 23.9 Å². The highest BCUT2D eigenvalue weighted by Crippen LogP contribution is 2.23. The molecule has 1 heterocycles. The molecule has 2 aromatic carbocycles. The van der Waals surface area contributed by atoms with Crippen molar-refractivity contribution in [3.8, 4) is 11.3 Å². The molecule has 0 aliphatic carbocycles. The monoisotopic (exact) mass is 402 g/mol. The molecule has 142 valence electrons. The second-order valence-corrected chi connectivity index (χ2v) is 6.53. The van der Waals surface area contributed by atoms with Crippen LogP contribution in [0.1, 0.15) is 0 Å². The summed E-state index contributed by atoms with van der Waals surface area (Å²) in [5.74, 6) is -2.47. The van der Waals surface area contributed by atoms with Crippen LogP contribution in [0.15, 0.2) is 59.6 Å². The Morgan fingerprint density at radius 1 is 1.07 bits per heavy atom. The van der Waals surface area contributed by atoms with Gasteiger partial charge in [-0.3, -0.25) is 14.9 Å². The molecule has 1 aromatic heterocycles. The van der Waals surface area contributed by atoms with Crippen LogP contribution in [-0.4, -0.2) is 26.8 Å². The maximum absolute atomic E-state index is 13.1. The van der Waals surface area contributed by atoms with Crippen LogP contribution >= 0.6 is 11.8 Å². The summed E-state index contributed by atoms with van der Waals surface area (Å²) in [7, 11) is 0. The lowest BCUT2D eigenvalue weighted by molar-refractivity contribution is -0.384. The number of amides is 1. The molecule has 0 saturated carbocycles. The molecule has 3 aromatic rings. The van der Waals surface area contributed by atoms with Gasteiger partial charge in [-0.1, -0.05) is 23.9 Å². The Bertz CT molecular complexity index is 1030. The number of benzene rings is 2. The van der Waals surface area contributed by atoms with Gasteiger partial charge in [0.25, 0.3) is 5.69 Å².